The van der Waals surface area contributed by atoms with Crippen LogP contribution in [-0.2, 0) is 5.41 Å². The quantitative estimate of drug-likeness (QED) is 0.384. The van der Waals surface area contributed by atoms with Crippen LogP contribution in [0.4, 0.5) is 0 Å². The van der Waals surface area contributed by atoms with Crippen LogP contribution in [0, 0.1) is 6.92 Å². The van der Waals surface area contributed by atoms with E-state index in [0.29, 0.717) is 0 Å². The summed E-state index contributed by atoms with van der Waals surface area (Å²) in [6, 6.07) is 24.4. The predicted octanol–water partition coefficient (Wildman–Crippen LogP) is 6.92. The van der Waals surface area contributed by atoms with Gasteiger partial charge in [-0.2, -0.15) is 5.10 Å². The summed E-state index contributed by atoms with van der Waals surface area (Å²) in [6.07, 6.45) is 2.16. The largest absolute Gasteiger partial charge is 0.264 e. The molecule has 4 rings (SSSR count). The van der Waals surface area contributed by atoms with E-state index in [4.69, 9.17) is 5.10 Å². The number of hydrogen-bond acceptors (Lipinski definition) is 1. The van der Waals surface area contributed by atoms with Gasteiger partial charge >= 0.3 is 0 Å². The van der Waals surface area contributed by atoms with Crippen LogP contribution in [-0.4, -0.2) is 9.78 Å². The maximum Gasteiger partial charge on any atom is 0.0923 e. The van der Waals surface area contributed by atoms with Gasteiger partial charge in [0.25, 0.3) is 0 Å². The lowest BCUT2D eigenvalue weighted by Gasteiger charge is -2.19. The second-order valence-corrected chi connectivity index (χ2v) is 8.80. The Balaban J connectivity index is 1.65. The summed E-state index contributed by atoms with van der Waals surface area (Å²) in [5.41, 5.74) is 7.60. The van der Waals surface area contributed by atoms with Crippen LogP contribution in [0.5, 0.6) is 0 Å². The van der Waals surface area contributed by atoms with E-state index >= 15 is 0 Å². The lowest BCUT2D eigenvalue weighted by molar-refractivity contribution is 0.570. The molecule has 0 saturated carbocycles. The minimum Gasteiger partial charge on any atom is -0.264 e. The Morgan fingerprint density at radius 1 is 0.821 bits per heavy atom. The van der Waals surface area contributed by atoms with E-state index in [9.17, 15) is 0 Å². The fraction of sp³-hybridized carbons (Fsp3) is 0.269. The van der Waals surface area contributed by atoms with Gasteiger partial charge in [-0.3, -0.25) is 4.68 Å². The van der Waals surface area contributed by atoms with Crippen molar-refractivity contribution in [2.24, 2.45) is 0 Å². The summed E-state index contributed by atoms with van der Waals surface area (Å²) in [7, 11) is 0. The van der Waals surface area contributed by atoms with Gasteiger partial charge in [-0.25, -0.2) is 0 Å². The van der Waals surface area contributed by atoms with Crippen molar-refractivity contribution < 1.29 is 0 Å². The van der Waals surface area contributed by atoms with Crippen molar-refractivity contribution in [3.8, 4) is 11.1 Å². The van der Waals surface area contributed by atoms with Gasteiger partial charge < -0.3 is 0 Å². The third-order valence-corrected chi connectivity index (χ3v) is 5.56. The molecule has 0 spiro atoms. The van der Waals surface area contributed by atoms with Gasteiger partial charge in [-0.1, -0.05) is 80.9 Å². The Bertz CT molecular complexity index is 1090. The third-order valence-electron chi connectivity index (χ3n) is 5.56. The first-order valence-corrected chi connectivity index (χ1v) is 9.98. The average Bonchev–Trinajstić information content (AvgIpc) is 3.11. The Kier molecular flexibility index (Phi) is 4.58. The Morgan fingerprint density at radius 3 is 2.11 bits per heavy atom. The number of benzene rings is 3. The highest BCUT2D eigenvalue weighted by atomic mass is 15.3. The maximum absolute atomic E-state index is 4.81. The van der Waals surface area contributed by atoms with Crippen LogP contribution in [0.1, 0.15) is 50.4 Å². The molecule has 1 atom stereocenters. The van der Waals surface area contributed by atoms with E-state index in [2.05, 4.69) is 112 Å². The number of fused-ring (bicyclic) bond motifs is 1. The number of aromatic nitrogens is 2. The summed E-state index contributed by atoms with van der Waals surface area (Å²) < 4.78 is 2.07. The highest BCUT2D eigenvalue weighted by Crippen LogP contribution is 2.29. The van der Waals surface area contributed by atoms with Crippen LogP contribution < -0.4 is 0 Å². The molecule has 0 aliphatic heterocycles. The Hall–Kier alpha value is -2.87. The van der Waals surface area contributed by atoms with Crippen molar-refractivity contribution >= 4 is 10.9 Å². The highest BCUT2D eigenvalue weighted by molar-refractivity contribution is 5.84. The third kappa shape index (κ3) is 3.60. The fourth-order valence-corrected chi connectivity index (χ4v) is 3.58. The molecule has 1 unspecified atom stereocenters. The van der Waals surface area contributed by atoms with Crippen molar-refractivity contribution in [2.45, 2.75) is 46.1 Å². The average molecular weight is 369 g/mol. The van der Waals surface area contributed by atoms with Crippen molar-refractivity contribution in [3.05, 3.63) is 89.6 Å². The second kappa shape index (κ2) is 6.94. The van der Waals surface area contributed by atoms with Gasteiger partial charge in [0.15, 0.2) is 0 Å². The predicted molar refractivity (Wildman–Crippen MR) is 119 cm³/mol. The minimum atomic E-state index is 0.176. The molecule has 4 aromatic rings. The van der Waals surface area contributed by atoms with Crippen molar-refractivity contribution in [2.75, 3.05) is 0 Å². The van der Waals surface area contributed by atoms with E-state index in [-0.39, 0.29) is 11.5 Å². The lowest BCUT2D eigenvalue weighted by atomic mass is 9.86. The molecule has 3 aromatic carbocycles. The molecule has 0 amide bonds. The summed E-state index contributed by atoms with van der Waals surface area (Å²) >= 11 is 0. The molecule has 1 heterocycles. The number of rotatable bonds is 3. The first kappa shape index (κ1) is 18.5. The van der Waals surface area contributed by atoms with E-state index < -0.39 is 0 Å². The number of aryl methyl sites for hydroxylation is 1. The molecule has 1 aromatic heterocycles. The molecule has 0 radical (unpaired) electrons. The zero-order valence-electron chi connectivity index (χ0n) is 17.4. The SMILES string of the molecule is Cc1ccc(C(C)n2cc3cc(-c4ccc(C(C)(C)C)cc4)ccc3n2)cc1. The zero-order valence-corrected chi connectivity index (χ0v) is 17.4. The van der Waals surface area contributed by atoms with Crippen LogP contribution in [0.3, 0.4) is 0 Å². The molecule has 0 aliphatic carbocycles. The Morgan fingerprint density at radius 2 is 1.46 bits per heavy atom. The van der Waals surface area contributed by atoms with Crippen molar-refractivity contribution in [3.63, 3.8) is 0 Å². The molecule has 142 valence electrons. The number of nitrogens with zero attached hydrogens (tertiary/aromatic N) is 2. The molecule has 0 saturated heterocycles. The molecule has 28 heavy (non-hydrogen) atoms. The van der Waals surface area contributed by atoms with E-state index in [1.165, 1.54) is 33.2 Å². The van der Waals surface area contributed by atoms with E-state index in [1.807, 2.05) is 0 Å². The molecule has 2 heteroatoms. The van der Waals surface area contributed by atoms with Gasteiger partial charge in [0.1, 0.15) is 0 Å². The maximum atomic E-state index is 4.81. The summed E-state index contributed by atoms with van der Waals surface area (Å²) in [5, 5.41) is 5.99. The topological polar surface area (TPSA) is 17.8 Å². The number of hydrogen-bond donors (Lipinski definition) is 0. The highest BCUT2D eigenvalue weighted by Gasteiger charge is 2.14. The Labute approximate surface area is 167 Å². The zero-order chi connectivity index (χ0) is 19.9. The van der Waals surface area contributed by atoms with Gasteiger partial charge in [-0.15, -0.1) is 0 Å². The summed E-state index contributed by atoms with van der Waals surface area (Å²) in [5.74, 6) is 0. The van der Waals surface area contributed by atoms with E-state index in [1.54, 1.807) is 0 Å². The standard InChI is InChI=1S/C26H28N2/c1-18-6-8-20(9-7-18)19(2)28-17-23-16-22(12-15-25(23)27-28)21-10-13-24(14-11-21)26(3,4)5/h6-17,19H,1-5H3. The molecule has 0 fully saturated rings. The van der Waals surface area contributed by atoms with Gasteiger partial charge in [0.05, 0.1) is 11.6 Å². The van der Waals surface area contributed by atoms with Crippen LogP contribution in [0.25, 0.3) is 22.0 Å². The van der Waals surface area contributed by atoms with Crippen LogP contribution >= 0.6 is 0 Å². The van der Waals surface area contributed by atoms with E-state index in [0.717, 1.165) is 5.52 Å². The molecule has 0 N–H and O–H groups in total. The fourth-order valence-electron chi connectivity index (χ4n) is 3.58. The van der Waals surface area contributed by atoms with Crippen molar-refractivity contribution in [1.29, 1.82) is 0 Å². The van der Waals surface area contributed by atoms with Crippen molar-refractivity contribution in [1.82, 2.24) is 9.78 Å². The van der Waals surface area contributed by atoms with Gasteiger partial charge in [0.2, 0.25) is 0 Å². The minimum absolute atomic E-state index is 0.176. The van der Waals surface area contributed by atoms with Gasteiger partial charge in [-0.05, 0) is 53.6 Å². The monoisotopic (exact) mass is 368 g/mol. The first-order valence-electron chi connectivity index (χ1n) is 9.98. The van der Waals surface area contributed by atoms with Crippen LogP contribution in [0.15, 0.2) is 72.9 Å². The van der Waals surface area contributed by atoms with Gasteiger partial charge in [0, 0.05) is 11.6 Å². The molecule has 0 aliphatic rings. The smallest absolute Gasteiger partial charge is 0.0923 e. The summed E-state index contributed by atoms with van der Waals surface area (Å²) in [6.45, 7) is 11.1. The summed E-state index contributed by atoms with van der Waals surface area (Å²) in [4.78, 5) is 0. The van der Waals surface area contributed by atoms with Crippen LogP contribution in [0.2, 0.25) is 0 Å². The molecular weight excluding hydrogens is 340 g/mol. The lowest BCUT2D eigenvalue weighted by Crippen LogP contribution is -2.10. The molecule has 2 nitrogen and oxygen atoms in total. The molecule has 0 bridgehead atoms. The molecular formula is C26H28N2. The first-order chi connectivity index (χ1) is 13.3. The normalized spacial score (nSPS) is 13.0. The second-order valence-electron chi connectivity index (χ2n) is 8.80.